The molecule has 33 heavy (non-hydrogen) atoms. The van der Waals surface area contributed by atoms with Crippen LogP contribution in [0, 0.1) is 6.92 Å². The fourth-order valence-corrected chi connectivity index (χ4v) is 4.82. The maximum Gasteiger partial charge on any atom is 0.341 e. The molecule has 2 aromatic carbocycles. The first kappa shape index (κ1) is 24.5. The third-order valence-corrected chi connectivity index (χ3v) is 6.27. The van der Waals surface area contributed by atoms with Crippen LogP contribution in [0.5, 0.6) is 11.5 Å². The minimum atomic E-state index is -0.365. The highest BCUT2D eigenvalue weighted by Gasteiger charge is 2.24. The number of carbonyl (C=O) groups is 1. The Bertz CT molecular complexity index is 1110. The van der Waals surface area contributed by atoms with Crippen LogP contribution in [0.3, 0.4) is 0 Å². The molecule has 2 N–H and O–H groups in total. The molecule has 174 valence electrons. The van der Waals surface area contributed by atoms with E-state index in [4.69, 9.17) is 26.4 Å². The van der Waals surface area contributed by atoms with Gasteiger partial charge in [0.1, 0.15) is 10.6 Å². The zero-order chi connectivity index (χ0) is 23.8. The molecule has 0 aliphatic heterocycles. The molecule has 0 radical (unpaired) electrons. The van der Waals surface area contributed by atoms with Crippen LogP contribution in [0.1, 0.15) is 27.7 Å². The highest BCUT2D eigenvalue weighted by atomic mass is 32.1. The Labute approximate surface area is 203 Å². The Morgan fingerprint density at radius 3 is 2.45 bits per heavy atom. The van der Waals surface area contributed by atoms with Crippen molar-refractivity contribution in [2.24, 2.45) is 0 Å². The van der Waals surface area contributed by atoms with Crippen LogP contribution in [-0.2, 0) is 11.2 Å². The number of thiocarbonyl (C=S) groups is 1. The molecule has 0 aliphatic rings. The molecule has 0 unspecified atom stereocenters. The van der Waals surface area contributed by atoms with Gasteiger partial charge in [0.2, 0.25) is 0 Å². The summed E-state index contributed by atoms with van der Waals surface area (Å²) in [6.07, 6.45) is 0.742. The average molecular weight is 485 g/mol. The van der Waals surface area contributed by atoms with Crippen molar-refractivity contribution in [3.8, 4) is 22.6 Å². The van der Waals surface area contributed by atoms with Gasteiger partial charge in [0.15, 0.2) is 16.6 Å². The number of thiophene rings is 1. The van der Waals surface area contributed by atoms with Gasteiger partial charge in [0, 0.05) is 17.0 Å². The predicted octanol–water partition coefficient (Wildman–Crippen LogP) is 5.45. The van der Waals surface area contributed by atoms with E-state index in [1.807, 2.05) is 55.5 Å². The number of benzene rings is 2. The van der Waals surface area contributed by atoms with Gasteiger partial charge >= 0.3 is 5.97 Å². The Balaban J connectivity index is 1.72. The molecule has 0 spiro atoms. The van der Waals surface area contributed by atoms with E-state index in [-0.39, 0.29) is 5.97 Å². The van der Waals surface area contributed by atoms with Gasteiger partial charge in [-0.2, -0.15) is 0 Å². The molecular weight excluding hydrogens is 456 g/mol. The summed E-state index contributed by atoms with van der Waals surface area (Å²) < 4.78 is 16.0. The van der Waals surface area contributed by atoms with Crippen LogP contribution in [-0.4, -0.2) is 38.5 Å². The number of hydrogen-bond donors (Lipinski definition) is 2. The van der Waals surface area contributed by atoms with Crippen LogP contribution >= 0.6 is 23.6 Å². The molecule has 0 atom stereocenters. The molecule has 0 aliphatic carbocycles. The normalized spacial score (nSPS) is 10.4. The summed E-state index contributed by atoms with van der Waals surface area (Å²) in [4.78, 5) is 13.8. The second-order valence-corrected chi connectivity index (χ2v) is 8.78. The number of carbonyl (C=O) groups excluding carboxylic acids is 1. The molecule has 0 bridgehead atoms. The van der Waals surface area contributed by atoms with Crippen LogP contribution in [0.25, 0.3) is 11.1 Å². The van der Waals surface area contributed by atoms with Crippen molar-refractivity contribution in [2.75, 3.05) is 32.7 Å². The van der Waals surface area contributed by atoms with Crippen LogP contribution in [0.15, 0.2) is 48.5 Å². The van der Waals surface area contributed by atoms with E-state index < -0.39 is 0 Å². The second kappa shape index (κ2) is 11.7. The minimum absolute atomic E-state index is 0.301. The van der Waals surface area contributed by atoms with Crippen molar-refractivity contribution >= 4 is 39.6 Å². The highest BCUT2D eigenvalue weighted by Crippen LogP contribution is 2.40. The second-order valence-electron chi connectivity index (χ2n) is 7.14. The Hall–Kier alpha value is -3.10. The number of ether oxygens (including phenoxy) is 3. The first-order valence-electron chi connectivity index (χ1n) is 10.6. The number of nitrogens with one attached hydrogen (secondary N) is 2. The summed E-state index contributed by atoms with van der Waals surface area (Å²) in [5.74, 6) is 1.02. The molecule has 1 aromatic heterocycles. The summed E-state index contributed by atoms with van der Waals surface area (Å²) in [5.41, 5.74) is 3.44. The van der Waals surface area contributed by atoms with E-state index in [0.717, 1.165) is 28.0 Å². The molecule has 3 rings (SSSR count). The molecule has 0 amide bonds. The van der Waals surface area contributed by atoms with Crippen molar-refractivity contribution in [1.82, 2.24) is 5.32 Å². The van der Waals surface area contributed by atoms with E-state index in [0.29, 0.717) is 40.3 Å². The lowest BCUT2D eigenvalue weighted by molar-refractivity contribution is 0.0529. The van der Waals surface area contributed by atoms with E-state index >= 15 is 0 Å². The fourth-order valence-electron chi connectivity index (χ4n) is 3.49. The Kier molecular flexibility index (Phi) is 8.68. The maximum atomic E-state index is 12.8. The zero-order valence-corrected chi connectivity index (χ0v) is 20.8. The Morgan fingerprint density at radius 2 is 1.79 bits per heavy atom. The average Bonchev–Trinajstić information content (AvgIpc) is 3.15. The third-order valence-electron chi connectivity index (χ3n) is 5.00. The predicted molar refractivity (Wildman–Crippen MR) is 138 cm³/mol. The SMILES string of the molecule is CCOC(=O)c1c(NC(=S)NCCc2ccc(OC)c(OC)c2)sc(C)c1-c1ccccc1. The lowest BCUT2D eigenvalue weighted by atomic mass is 10.0. The van der Waals surface area contributed by atoms with E-state index in [2.05, 4.69) is 10.6 Å². The monoisotopic (exact) mass is 484 g/mol. The molecule has 0 saturated heterocycles. The van der Waals surface area contributed by atoms with Crippen molar-refractivity contribution in [2.45, 2.75) is 20.3 Å². The number of hydrogen-bond acceptors (Lipinski definition) is 6. The first-order chi connectivity index (χ1) is 16.0. The zero-order valence-electron chi connectivity index (χ0n) is 19.2. The highest BCUT2D eigenvalue weighted by molar-refractivity contribution is 7.80. The molecule has 0 saturated carbocycles. The molecule has 6 nitrogen and oxygen atoms in total. The number of methoxy groups -OCH3 is 2. The lowest BCUT2D eigenvalue weighted by Gasteiger charge is -2.13. The van der Waals surface area contributed by atoms with Gasteiger partial charge in [-0.05, 0) is 55.7 Å². The van der Waals surface area contributed by atoms with Gasteiger partial charge in [-0.1, -0.05) is 36.4 Å². The smallest absolute Gasteiger partial charge is 0.341 e. The largest absolute Gasteiger partial charge is 0.493 e. The van der Waals surface area contributed by atoms with Gasteiger partial charge in [0.05, 0.1) is 20.8 Å². The summed E-state index contributed by atoms with van der Waals surface area (Å²) in [6, 6.07) is 15.7. The van der Waals surface area contributed by atoms with Gasteiger partial charge in [-0.15, -0.1) is 11.3 Å². The van der Waals surface area contributed by atoms with Gasteiger partial charge in [0.25, 0.3) is 0 Å². The molecular formula is C25H28N2O4S2. The molecule has 8 heteroatoms. The van der Waals surface area contributed by atoms with E-state index in [1.54, 1.807) is 21.1 Å². The number of anilines is 1. The molecule has 1 heterocycles. The summed E-state index contributed by atoms with van der Waals surface area (Å²) >= 11 is 6.99. The van der Waals surface area contributed by atoms with Crippen LogP contribution in [0.2, 0.25) is 0 Å². The van der Waals surface area contributed by atoms with E-state index in [9.17, 15) is 4.79 Å². The number of rotatable bonds is 9. The van der Waals surface area contributed by atoms with Crippen molar-refractivity contribution in [3.63, 3.8) is 0 Å². The summed E-state index contributed by atoms with van der Waals surface area (Å²) in [6.45, 7) is 4.71. The first-order valence-corrected chi connectivity index (χ1v) is 11.8. The lowest BCUT2D eigenvalue weighted by Crippen LogP contribution is -2.30. The maximum absolute atomic E-state index is 12.8. The topological polar surface area (TPSA) is 68.8 Å². The quantitative estimate of drug-likeness (QED) is 0.309. The van der Waals surface area contributed by atoms with Crippen molar-refractivity contribution < 1.29 is 19.0 Å². The molecule has 3 aromatic rings. The fraction of sp³-hybridized carbons (Fsp3) is 0.280. The van der Waals surface area contributed by atoms with E-state index in [1.165, 1.54) is 11.3 Å². The third kappa shape index (κ3) is 6.03. The van der Waals surface area contributed by atoms with Gasteiger partial charge < -0.3 is 24.8 Å². The standard InChI is InChI=1S/C25H28N2O4S2/c1-5-31-24(28)22-21(18-9-7-6-8-10-18)16(2)33-23(22)27-25(32)26-14-13-17-11-12-19(29-3)20(15-17)30-4/h6-12,15H,5,13-14H2,1-4H3,(H2,26,27,32). The Morgan fingerprint density at radius 1 is 1.06 bits per heavy atom. The van der Waals surface area contributed by atoms with Gasteiger partial charge in [-0.25, -0.2) is 4.79 Å². The van der Waals surface area contributed by atoms with Crippen molar-refractivity contribution in [1.29, 1.82) is 0 Å². The summed E-state index contributed by atoms with van der Waals surface area (Å²) in [5, 5.41) is 7.54. The minimum Gasteiger partial charge on any atom is -0.493 e. The van der Waals surface area contributed by atoms with Gasteiger partial charge in [-0.3, -0.25) is 0 Å². The summed E-state index contributed by atoms with van der Waals surface area (Å²) in [7, 11) is 3.23. The van der Waals surface area contributed by atoms with Crippen LogP contribution < -0.4 is 20.1 Å². The number of esters is 1. The molecule has 0 fully saturated rings. The number of aryl methyl sites for hydroxylation is 1. The van der Waals surface area contributed by atoms with Crippen LogP contribution in [0.4, 0.5) is 5.00 Å². The van der Waals surface area contributed by atoms with Crippen molar-refractivity contribution in [3.05, 3.63) is 64.5 Å².